The molecule has 16 heavy (non-hydrogen) atoms. The lowest BCUT2D eigenvalue weighted by Crippen LogP contribution is -1.80. The summed E-state index contributed by atoms with van der Waals surface area (Å²) in [5, 5.41) is 11.7. The number of nitrogens with zero attached hydrogens (tertiary/aromatic N) is 2. The summed E-state index contributed by atoms with van der Waals surface area (Å²) in [6, 6.07) is 7.27. The highest BCUT2D eigenvalue weighted by molar-refractivity contribution is 6.34. The number of nitrogens with one attached hydrogen (secondary N) is 1. The third kappa shape index (κ3) is 1.33. The molecule has 2 aromatic heterocycles. The lowest BCUT2D eigenvalue weighted by Gasteiger charge is -1.94. The average Bonchev–Trinajstić information content (AvgIpc) is 2.86. The van der Waals surface area contributed by atoms with E-state index in [0.717, 1.165) is 16.5 Å². The predicted molar refractivity (Wildman–Crippen MR) is 61.0 cm³/mol. The lowest BCUT2D eigenvalue weighted by atomic mass is 10.1. The van der Waals surface area contributed by atoms with Gasteiger partial charge in [0.05, 0.1) is 5.52 Å². The fraction of sp³-hybridized carbons (Fsp3) is 0. The number of aromatic nitrogens is 3. The number of nitrogens with two attached hydrogens (primary N) is 1. The summed E-state index contributed by atoms with van der Waals surface area (Å²) in [4.78, 5) is 0. The van der Waals surface area contributed by atoms with E-state index in [0.29, 0.717) is 16.7 Å². The number of anilines is 1. The van der Waals surface area contributed by atoms with Crippen LogP contribution in [0.3, 0.4) is 0 Å². The van der Waals surface area contributed by atoms with E-state index >= 15 is 0 Å². The molecule has 0 saturated heterocycles. The van der Waals surface area contributed by atoms with Crippen LogP contribution >= 0.6 is 11.6 Å². The van der Waals surface area contributed by atoms with Gasteiger partial charge in [-0.2, -0.15) is 5.10 Å². The van der Waals surface area contributed by atoms with Crippen LogP contribution in [-0.4, -0.2) is 15.4 Å². The van der Waals surface area contributed by atoms with Crippen LogP contribution in [0.5, 0.6) is 0 Å². The van der Waals surface area contributed by atoms with Gasteiger partial charge in [0.2, 0.25) is 0 Å². The van der Waals surface area contributed by atoms with Gasteiger partial charge >= 0.3 is 0 Å². The molecule has 0 bridgehead atoms. The summed E-state index contributed by atoms with van der Waals surface area (Å²) in [5.41, 5.74) is 7.16. The number of halogens is 1. The Morgan fingerprint density at radius 1 is 1.31 bits per heavy atom. The number of rotatable bonds is 1. The Morgan fingerprint density at radius 3 is 2.94 bits per heavy atom. The van der Waals surface area contributed by atoms with Gasteiger partial charge in [0.1, 0.15) is 5.15 Å². The summed E-state index contributed by atoms with van der Waals surface area (Å²) in [6.45, 7) is 0. The molecule has 3 rings (SSSR count). The van der Waals surface area contributed by atoms with Crippen molar-refractivity contribution in [2.75, 3.05) is 5.73 Å². The summed E-state index contributed by atoms with van der Waals surface area (Å²) < 4.78 is 5.07. The first-order valence-electron chi connectivity index (χ1n) is 4.60. The number of nitrogen functional groups attached to an aromatic ring is 1. The predicted octanol–water partition coefficient (Wildman–Crippen LogP) is 2.45. The third-order valence-corrected chi connectivity index (χ3v) is 2.61. The number of benzene rings is 1. The van der Waals surface area contributed by atoms with Crippen molar-refractivity contribution in [2.45, 2.75) is 0 Å². The molecule has 6 heteroatoms. The number of H-pyrrole nitrogens is 1. The molecule has 0 spiro atoms. The highest BCUT2D eigenvalue weighted by Crippen LogP contribution is 2.27. The second-order valence-electron chi connectivity index (χ2n) is 3.39. The highest BCUT2D eigenvalue weighted by Gasteiger charge is 2.08. The van der Waals surface area contributed by atoms with Gasteiger partial charge in [-0.1, -0.05) is 16.8 Å². The van der Waals surface area contributed by atoms with Crippen molar-refractivity contribution >= 4 is 28.3 Å². The Hall–Kier alpha value is -2.01. The van der Waals surface area contributed by atoms with Crippen LogP contribution in [-0.2, 0) is 0 Å². The highest BCUT2D eigenvalue weighted by atomic mass is 35.5. The van der Waals surface area contributed by atoms with E-state index in [2.05, 4.69) is 15.4 Å². The van der Waals surface area contributed by atoms with Crippen LogP contribution in [0.2, 0.25) is 5.15 Å². The van der Waals surface area contributed by atoms with Gasteiger partial charge in [-0.3, -0.25) is 5.10 Å². The van der Waals surface area contributed by atoms with Gasteiger partial charge < -0.3 is 10.3 Å². The molecule has 3 N–H and O–H groups in total. The topological polar surface area (TPSA) is 80.7 Å². The summed E-state index contributed by atoms with van der Waals surface area (Å²) in [6.07, 6.45) is 0. The summed E-state index contributed by atoms with van der Waals surface area (Å²) >= 11 is 5.95. The largest absolute Gasteiger partial charge is 0.381 e. The van der Waals surface area contributed by atoms with E-state index in [9.17, 15) is 0 Å². The van der Waals surface area contributed by atoms with Crippen molar-refractivity contribution in [3.63, 3.8) is 0 Å². The van der Waals surface area contributed by atoms with E-state index in [-0.39, 0.29) is 0 Å². The molecule has 0 atom stereocenters. The normalized spacial score (nSPS) is 11.1. The Balaban J connectivity index is 2.21. The summed E-state index contributed by atoms with van der Waals surface area (Å²) in [7, 11) is 0. The quantitative estimate of drug-likeness (QED) is 0.678. The standard InChI is InChI=1S/C10H7ClN4O/c11-10-6-3-5(1-2-7(6)13-14-10)8-4-9(12)15-16-8/h1-4H,(H2,12,15)(H,13,14). The van der Waals surface area contributed by atoms with Gasteiger partial charge in [-0.15, -0.1) is 0 Å². The average molecular weight is 235 g/mol. The molecular weight excluding hydrogens is 228 g/mol. The van der Waals surface area contributed by atoms with Crippen molar-refractivity contribution < 1.29 is 4.52 Å². The van der Waals surface area contributed by atoms with E-state index in [1.807, 2.05) is 18.2 Å². The number of aromatic amines is 1. The van der Waals surface area contributed by atoms with Crippen molar-refractivity contribution in [2.24, 2.45) is 0 Å². The van der Waals surface area contributed by atoms with Crippen LogP contribution in [0, 0.1) is 0 Å². The Kier molecular flexibility index (Phi) is 1.87. The van der Waals surface area contributed by atoms with Crippen LogP contribution in [0.25, 0.3) is 22.2 Å². The first kappa shape index (κ1) is 9.23. The molecule has 0 aliphatic rings. The monoisotopic (exact) mass is 234 g/mol. The van der Waals surface area contributed by atoms with Crippen molar-refractivity contribution in [3.05, 3.63) is 29.4 Å². The number of hydrogen-bond donors (Lipinski definition) is 2. The van der Waals surface area contributed by atoms with Gasteiger partial charge in [0.15, 0.2) is 11.6 Å². The fourth-order valence-corrected chi connectivity index (χ4v) is 1.75. The molecule has 0 radical (unpaired) electrons. The minimum absolute atomic E-state index is 0.355. The SMILES string of the molecule is Nc1cc(-c2ccc3n[nH]c(Cl)c3c2)on1. The van der Waals surface area contributed by atoms with E-state index in [1.165, 1.54) is 0 Å². The van der Waals surface area contributed by atoms with Gasteiger partial charge in [-0.25, -0.2) is 0 Å². The maximum atomic E-state index is 5.95. The minimum Gasteiger partial charge on any atom is -0.381 e. The minimum atomic E-state index is 0.355. The lowest BCUT2D eigenvalue weighted by molar-refractivity contribution is 0.436. The molecule has 0 fully saturated rings. The van der Waals surface area contributed by atoms with Crippen LogP contribution in [0.1, 0.15) is 0 Å². The van der Waals surface area contributed by atoms with E-state index < -0.39 is 0 Å². The van der Waals surface area contributed by atoms with Crippen molar-refractivity contribution in [1.82, 2.24) is 15.4 Å². The fourth-order valence-electron chi connectivity index (χ4n) is 1.56. The van der Waals surface area contributed by atoms with Crippen molar-refractivity contribution in [3.8, 4) is 11.3 Å². The molecule has 5 nitrogen and oxygen atoms in total. The maximum Gasteiger partial charge on any atom is 0.169 e. The molecular formula is C10H7ClN4O. The zero-order valence-electron chi connectivity index (χ0n) is 8.07. The van der Waals surface area contributed by atoms with Crippen LogP contribution < -0.4 is 5.73 Å². The molecule has 0 aliphatic heterocycles. The first-order valence-corrected chi connectivity index (χ1v) is 4.98. The molecule has 3 aromatic rings. The Labute approximate surface area is 95.2 Å². The van der Waals surface area contributed by atoms with Gasteiger partial charge in [-0.05, 0) is 18.2 Å². The molecule has 80 valence electrons. The zero-order valence-corrected chi connectivity index (χ0v) is 8.82. The van der Waals surface area contributed by atoms with Crippen LogP contribution in [0.4, 0.5) is 5.82 Å². The molecule has 2 heterocycles. The van der Waals surface area contributed by atoms with Crippen molar-refractivity contribution in [1.29, 1.82) is 0 Å². The second-order valence-corrected chi connectivity index (χ2v) is 3.76. The number of hydrogen-bond acceptors (Lipinski definition) is 4. The van der Waals surface area contributed by atoms with E-state index in [1.54, 1.807) is 6.07 Å². The Bertz CT molecular complexity index is 658. The third-order valence-electron chi connectivity index (χ3n) is 2.32. The Morgan fingerprint density at radius 2 is 2.19 bits per heavy atom. The molecule has 0 amide bonds. The molecule has 0 aliphatic carbocycles. The second kappa shape index (κ2) is 3.24. The van der Waals surface area contributed by atoms with Gasteiger partial charge in [0, 0.05) is 17.0 Å². The molecule has 1 aromatic carbocycles. The smallest absolute Gasteiger partial charge is 0.169 e. The van der Waals surface area contributed by atoms with Crippen LogP contribution in [0.15, 0.2) is 28.8 Å². The molecule has 0 unspecified atom stereocenters. The van der Waals surface area contributed by atoms with Gasteiger partial charge in [0.25, 0.3) is 0 Å². The zero-order chi connectivity index (χ0) is 11.1. The molecule has 0 saturated carbocycles. The number of fused-ring (bicyclic) bond motifs is 1. The first-order chi connectivity index (χ1) is 7.74. The summed E-state index contributed by atoms with van der Waals surface area (Å²) in [5.74, 6) is 0.963. The van der Waals surface area contributed by atoms with E-state index in [4.69, 9.17) is 21.9 Å². The maximum absolute atomic E-state index is 5.95.